The van der Waals surface area contributed by atoms with E-state index in [9.17, 15) is 9.90 Å². The van der Waals surface area contributed by atoms with Crippen LogP contribution in [0.5, 0.6) is 0 Å². The molecular weight excluding hydrogens is 456 g/mol. The summed E-state index contributed by atoms with van der Waals surface area (Å²) in [4.78, 5) is 11.7. The quantitative estimate of drug-likeness (QED) is 0.361. The number of para-hydroxylation sites is 1. The van der Waals surface area contributed by atoms with Gasteiger partial charge < -0.3 is 15.0 Å². The van der Waals surface area contributed by atoms with E-state index in [1.165, 1.54) is 70.8 Å². The minimum absolute atomic E-state index is 0.329. The van der Waals surface area contributed by atoms with Crippen LogP contribution in [0.25, 0.3) is 27.7 Å². The molecule has 2 aliphatic rings. The molecule has 0 bridgehead atoms. The van der Waals surface area contributed by atoms with E-state index in [2.05, 4.69) is 67.7 Å². The van der Waals surface area contributed by atoms with Crippen LogP contribution in [0.3, 0.4) is 0 Å². The lowest BCUT2D eigenvalue weighted by Gasteiger charge is -2.30. The van der Waals surface area contributed by atoms with Gasteiger partial charge in [0.25, 0.3) is 0 Å². The Morgan fingerprint density at radius 3 is 2.54 bits per heavy atom. The zero-order chi connectivity index (χ0) is 26.1. The smallest absolute Gasteiger partial charge is 0.335 e. The van der Waals surface area contributed by atoms with Gasteiger partial charge in [0.15, 0.2) is 0 Å². The van der Waals surface area contributed by atoms with E-state index in [-0.39, 0.29) is 0 Å². The molecule has 1 saturated carbocycles. The Balaban J connectivity index is 1.77. The lowest BCUT2D eigenvalue weighted by atomic mass is 9.75. The number of aromatic nitrogens is 1. The van der Waals surface area contributed by atoms with Gasteiger partial charge in [-0.1, -0.05) is 50.1 Å². The van der Waals surface area contributed by atoms with Crippen molar-refractivity contribution in [2.45, 2.75) is 84.7 Å². The third-order valence-electron chi connectivity index (χ3n) is 8.19. The Bertz CT molecular complexity index is 1370. The first-order valence-corrected chi connectivity index (χ1v) is 14.0. The molecule has 1 fully saturated rings. The molecule has 2 heterocycles. The Labute approximate surface area is 221 Å². The van der Waals surface area contributed by atoms with Gasteiger partial charge in [-0.25, -0.2) is 4.79 Å². The molecule has 4 nitrogen and oxygen atoms in total. The minimum atomic E-state index is -0.863. The van der Waals surface area contributed by atoms with Gasteiger partial charge in [0.05, 0.1) is 11.1 Å². The molecule has 194 valence electrons. The third kappa shape index (κ3) is 4.99. The molecule has 0 spiro atoms. The van der Waals surface area contributed by atoms with Gasteiger partial charge in [-0.2, -0.15) is 0 Å². The zero-order valence-corrected chi connectivity index (χ0v) is 22.6. The first kappa shape index (κ1) is 25.4. The normalized spacial score (nSPS) is 17.9. The molecule has 0 unspecified atom stereocenters. The number of aromatic carboxylic acids is 1. The fraction of sp³-hybridized carbons (Fsp3) is 0.424. The summed E-state index contributed by atoms with van der Waals surface area (Å²) < 4.78 is 2.45. The number of aryl methyl sites for hydroxylation is 2. The van der Waals surface area contributed by atoms with Crippen molar-refractivity contribution < 1.29 is 9.90 Å². The van der Waals surface area contributed by atoms with E-state index in [0.29, 0.717) is 17.5 Å². The molecule has 0 amide bonds. The first-order chi connectivity index (χ1) is 17.8. The molecule has 37 heavy (non-hydrogen) atoms. The largest absolute Gasteiger partial charge is 0.478 e. The number of hydrogen-bond donors (Lipinski definition) is 2. The second-order valence-electron chi connectivity index (χ2n) is 11.2. The van der Waals surface area contributed by atoms with E-state index in [1.807, 2.05) is 6.07 Å². The molecule has 4 heteroatoms. The van der Waals surface area contributed by atoms with Crippen LogP contribution < -0.4 is 5.32 Å². The van der Waals surface area contributed by atoms with Crippen molar-refractivity contribution in [1.82, 2.24) is 9.88 Å². The van der Waals surface area contributed by atoms with Crippen LogP contribution in [0.2, 0.25) is 0 Å². The van der Waals surface area contributed by atoms with E-state index < -0.39 is 5.97 Å². The lowest BCUT2D eigenvalue weighted by molar-refractivity contribution is 0.0696. The van der Waals surface area contributed by atoms with Crippen LogP contribution in [-0.4, -0.2) is 21.7 Å². The average Bonchev–Trinajstić information content (AvgIpc) is 3.24. The summed E-state index contributed by atoms with van der Waals surface area (Å²) in [6.07, 6.45) is 11.9. The van der Waals surface area contributed by atoms with Crippen LogP contribution in [0, 0.1) is 12.8 Å². The number of nitrogens with one attached hydrogen (secondary N) is 1. The maximum Gasteiger partial charge on any atom is 0.335 e. The Morgan fingerprint density at radius 2 is 1.84 bits per heavy atom. The molecule has 3 aromatic rings. The van der Waals surface area contributed by atoms with Crippen molar-refractivity contribution in [3.63, 3.8) is 0 Å². The lowest BCUT2D eigenvalue weighted by Crippen LogP contribution is -2.20. The predicted octanol–water partition coefficient (Wildman–Crippen LogP) is 8.29. The monoisotopic (exact) mass is 496 g/mol. The number of rotatable bonds is 6. The first-order valence-electron chi connectivity index (χ1n) is 14.0. The predicted molar refractivity (Wildman–Crippen MR) is 155 cm³/mol. The van der Waals surface area contributed by atoms with E-state index in [4.69, 9.17) is 0 Å². The summed E-state index contributed by atoms with van der Waals surface area (Å²) in [6, 6.07) is 12.8. The molecule has 1 aliphatic carbocycles. The average molecular weight is 497 g/mol. The van der Waals surface area contributed by atoms with Crippen molar-refractivity contribution in [3.8, 4) is 0 Å². The number of carbonyl (C=O) groups is 1. The Kier molecular flexibility index (Phi) is 7.28. The van der Waals surface area contributed by atoms with Crippen molar-refractivity contribution in [2.75, 3.05) is 0 Å². The summed E-state index contributed by atoms with van der Waals surface area (Å²) in [5.41, 5.74) is 10.4. The molecule has 1 aliphatic heterocycles. The SMILES string of the molecule is C=C(NC(C)C)c1cn2c3c(cccc13)/C(=C(/c1ccc(C(=O)O)cc1C)C1CCCCC1)CCCC2. The molecule has 0 saturated heterocycles. The van der Waals surface area contributed by atoms with Crippen molar-refractivity contribution in [1.29, 1.82) is 0 Å². The van der Waals surface area contributed by atoms with E-state index in [0.717, 1.165) is 37.1 Å². The van der Waals surface area contributed by atoms with Crippen LogP contribution in [0.4, 0.5) is 0 Å². The highest BCUT2D eigenvalue weighted by Gasteiger charge is 2.27. The summed E-state index contributed by atoms with van der Waals surface area (Å²) in [5, 5.41) is 14.4. The second kappa shape index (κ2) is 10.6. The highest BCUT2D eigenvalue weighted by molar-refractivity contribution is 6.04. The van der Waals surface area contributed by atoms with Crippen LogP contribution in [0.1, 0.15) is 97.8 Å². The van der Waals surface area contributed by atoms with Gasteiger partial charge in [-0.15, -0.1) is 0 Å². The number of benzene rings is 2. The third-order valence-corrected chi connectivity index (χ3v) is 8.19. The standard InChI is InChI=1S/C33H40N2O2/c1-21(2)34-23(4)30-20-35-18-9-8-13-27(28-14-10-15-29(30)32(28)35)31(24-11-6-5-7-12-24)26-17-16-25(33(36)37)19-22(26)3/h10,14-17,19-21,24,34H,4-9,11-13,18H2,1-3H3,(H,36,37)/b31-27+. The topological polar surface area (TPSA) is 54.3 Å². The van der Waals surface area contributed by atoms with Crippen LogP contribution >= 0.6 is 0 Å². The molecule has 2 N–H and O–H groups in total. The summed E-state index contributed by atoms with van der Waals surface area (Å²) >= 11 is 0. The molecule has 2 aromatic carbocycles. The van der Waals surface area contributed by atoms with Gasteiger partial charge in [-0.3, -0.25) is 0 Å². The number of carboxylic acid groups (broad SMARTS) is 1. The maximum atomic E-state index is 11.7. The summed E-state index contributed by atoms with van der Waals surface area (Å²) in [6.45, 7) is 11.8. The fourth-order valence-electron chi connectivity index (χ4n) is 6.56. The highest BCUT2D eigenvalue weighted by atomic mass is 16.4. The molecule has 0 atom stereocenters. The van der Waals surface area contributed by atoms with Gasteiger partial charge in [-0.05, 0) is 93.2 Å². The zero-order valence-electron chi connectivity index (χ0n) is 22.6. The van der Waals surface area contributed by atoms with Gasteiger partial charge in [0.1, 0.15) is 0 Å². The van der Waals surface area contributed by atoms with Crippen molar-refractivity contribution in [3.05, 3.63) is 77.0 Å². The van der Waals surface area contributed by atoms with Crippen molar-refractivity contribution in [2.24, 2.45) is 5.92 Å². The van der Waals surface area contributed by atoms with Crippen molar-refractivity contribution >= 4 is 33.7 Å². The maximum absolute atomic E-state index is 11.7. The van der Waals surface area contributed by atoms with E-state index >= 15 is 0 Å². The Hall–Kier alpha value is -3.27. The molecule has 5 rings (SSSR count). The second-order valence-corrected chi connectivity index (χ2v) is 11.2. The fourth-order valence-corrected chi connectivity index (χ4v) is 6.56. The van der Waals surface area contributed by atoms with Gasteiger partial charge >= 0.3 is 5.97 Å². The number of hydrogen-bond acceptors (Lipinski definition) is 2. The Morgan fingerprint density at radius 1 is 1.05 bits per heavy atom. The number of allylic oxidation sites excluding steroid dienone is 2. The molecule has 1 aromatic heterocycles. The minimum Gasteiger partial charge on any atom is -0.478 e. The summed E-state index contributed by atoms with van der Waals surface area (Å²) in [5.74, 6) is -0.355. The highest BCUT2D eigenvalue weighted by Crippen LogP contribution is 2.45. The number of nitrogens with zero attached hydrogens (tertiary/aromatic N) is 1. The van der Waals surface area contributed by atoms with Gasteiger partial charge in [0, 0.05) is 41.0 Å². The van der Waals surface area contributed by atoms with Gasteiger partial charge in [0.2, 0.25) is 0 Å². The van der Waals surface area contributed by atoms with E-state index in [1.54, 1.807) is 6.07 Å². The number of carboxylic acids is 1. The summed E-state index contributed by atoms with van der Waals surface area (Å²) in [7, 11) is 0. The van der Waals surface area contributed by atoms with Crippen LogP contribution in [-0.2, 0) is 6.54 Å². The molecule has 0 radical (unpaired) electrons. The molecular formula is C33H40N2O2. The van der Waals surface area contributed by atoms with Crippen LogP contribution in [0.15, 0.2) is 49.2 Å².